The van der Waals surface area contributed by atoms with Crippen LogP contribution in [0, 0.1) is 0 Å². The first-order chi connectivity index (χ1) is 8.22. The van der Waals surface area contributed by atoms with Gasteiger partial charge in [0, 0.05) is 12.6 Å². The molecule has 0 fully saturated rings. The van der Waals surface area contributed by atoms with Crippen LogP contribution in [0.5, 0.6) is 5.19 Å². The van der Waals surface area contributed by atoms with E-state index < -0.39 is 0 Å². The Morgan fingerprint density at radius 3 is 2.76 bits per heavy atom. The molecule has 1 heterocycles. The molecular weight excluding hydrogens is 238 g/mol. The summed E-state index contributed by atoms with van der Waals surface area (Å²) in [5.74, 6) is 0. The predicted molar refractivity (Wildman–Crippen MR) is 68.5 cm³/mol. The van der Waals surface area contributed by atoms with E-state index in [0.29, 0.717) is 24.4 Å². The standard InChI is InChI=1S/C11H21N3O2S/c1-4-5-15-6-7-16-11-14-13-10(17-11)8-12-9(2)3/h9,12H,4-8H2,1-3H3. The second-order valence-corrected chi connectivity index (χ2v) is 4.98. The van der Waals surface area contributed by atoms with Crippen molar-refractivity contribution in [3.63, 3.8) is 0 Å². The van der Waals surface area contributed by atoms with Crippen LogP contribution in [0.1, 0.15) is 32.2 Å². The molecule has 0 amide bonds. The Morgan fingerprint density at radius 2 is 2.06 bits per heavy atom. The van der Waals surface area contributed by atoms with Gasteiger partial charge in [0.2, 0.25) is 0 Å². The van der Waals surface area contributed by atoms with Crippen molar-refractivity contribution in [2.75, 3.05) is 19.8 Å². The van der Waals surface area contributed by atoms with Crippen molar-refractivity contribution in [3.05, 3.63) is 5.01 Å². The molecule has 0 saturated carbocycles. The van der Waals surface area contributed by atoms with Gasteiger partial charge in [-0.25, -0.2) is 0 Å². The number of nitrogens with one attached hydrogen (secondary N) is 1. The van der Waals surface area contributed by atoms with E-state index in [1.807, 2.05) is 0 Å². The van der Waals surface area contributed by atoms with Gasteiger partial charge >= 0.3 is 0 Å². The van der Waals surface area contributed by atoms with Crippen molar-refractivity contribution >= 4 is 11.3 Å². The number of aromatic nitrogens is 2. The van der Waals surface area contributed by atoms with Crippen LogP contribution in [-0.2, 0) is 11.3 Å². The fraction of sp³-hybridized carbons (Fsp3) is 0.818. The molecule has 98 valence electrons. The first-order valence-electron chi connectivity index (χ1n) is 5.98. The molecule has 1 aromatic rings. The minimum Gasteiger partial charge on any atom is -0.466 e. The van der Waals surface area contributed by atoms with E-state index >= 15 is 0 Å². The van der Waals surface area contributed by atoms with Gasteiger partial charge in [0.15, 0.2) is 0 Å². The van der Waals surface area contributed by atoms with Crippen LogP contribution in [0.15, 0.2) is 0 Å². The molecular formula is C11H21N3O2S. The molecule has 0 radical (unpaired) electrons. The average molecular weight is 259 g/mol. The predicted octanol–water partition coefficient (Wildman–Crippen LogP) is 1.84. The van der Waals surface area contributed by atoms with E-state index in [1.165, 1.54) is 11.3 Å². The first-order valence-corrected chi connectivity index (χ1v) is 6.80. The normalized spacial score (nSPS) is 11.1. The van der Waals surface area contributed by atoms with Gasteiger partial charge in [-0.15, -0.1) is 10.2 Å². The van der Waals surface area contributed by atoms with E-state index in [-0.39, 0.29) is 0 Å². The Labute approximate surface area is 107 Å². The number of ether oxygens (including phenoxy) is 2. The van der Waals surface area contributed by atoms with Crippen molar-refractivity contribution in [1.29, 1.82) is 0 Å². The SMILES string of the molecule is CCCOCCOc1nnc(CNC(C)C)s1. The van der Waals surface area contributed by atoms with Gasteiger partial charge in [-0.2, -0.15) is 0 Å². The zero-order valence-electron chi connectivity index (χ0n) is 10.7. The summed E-state index contributed by atoms with van der Waals surface area (Å²) in [6.45, 7) is 8.94. The molecule has 0 atom stereocenters. The summed E-state index contributed by atoms with van der Waals surface area (Å²) in [6, 6.07) is 0.450. The second-order valence-electron chi connectivity index (χ2n) is 3.96. The minimum absolute atomic E-state index is 0.450. The Hall–Kier alpha value is -0.720. The lowest BCUT2D eigenvalue weighted by molar-refractivity contribution is 0.100. The zero-order chi connectivity index (χ0) is 12.5. The van der Waals surface area contributed by atoms with Gasteiger partial charge in [-0.1, -0.05) is 32.1 Å². The second kappa shape index (κ2) is 8.38. The van der Waals surface area contributed by atoms with Gasteiger partial charge < -0.3 is 14.8 Å². The molecule has 0 aliphatic carbocycles. The Balaban J connectivity index is 2.17. The van der Waals surface area contributed by atoms with Gasteiger partial charge in [0.25, 0.3) is 5.19 Å². The Kier molecular flexibility index (Phi) is 7.07. The zero-order valence-corrected chi connectivity index (χ0v) is 11.5. The van der Waals surface area contributed by atoms with E-state index in [4.69, 9.17) is 9.47 Å². The summed E-state index contributed by atoms with van der Waals surface area (Å²) in [5, 5.41) is 12.9. The lowest BCUT2D eigenvalue weighted by atomic mass is 10.4. The lowest BCUT2D eigenvalue weighted by Gasteiger charge is -2.04. The number of hydrogen-bond donors (Lipinski definition) is 1. The summed E-state index contributed by atoms with van der Waals surface area (Å²) in [7, 11) is 0. The maximum atomic E-state index is 5.43. The molecule has 6 heteroatoms. The summed E-state index contributed by atoms with van der Waals surface area (Å²) in [5.41, 5.74) is 0. The molecule has 0 bridgehead atoms. The van der Waals surface area contributed by atoms with Crippen LogP contribution in [0.3, 0.4) is 0 Å². The van der Waals surface area contributed by atoms with Gasteiger partial charge in [0.05, 0.1) is 13.2 Å². The molecule has 0 aliphatic rings. The summed E-state index contributed by atoms with van der Waals surface area (Å²) < 4.78 is 10.7. The van der Waals surface area contributed by atoms with Crippen molar-refractivity contribution < 1.29 is 9.47 Å². The van der Waals surface area contributed by atoms with Crippen LogP contribution < -0.4 is 10.1 Å². The van der Waals surface area contributed by atoms with Gasteiger partial charge in [0.1, 0.15) is 11.6 Å². The highest BCUT2D eigenvalue weighted by Crippen LogP contribution is 2.17. The highest BCUT2D eigenvalue weighted by molar-refractivity contribution is 7.13. The third-order valence-corrected chi connectivity index (χ3v) is 2.75. The largest absolute Gasteiger partial charge is 0.466 e. The number of hydrogen-bond acceptors (Lipinski definition) is 6. The van der Waals surface area contributed by atoms with E-state index in [0.717, 1.165) is 24.6 Å². The summed E-state index contributed by atoms with van der Waals surface area (Å²) in [4.78, 5) is 0. The molecule has 0 aliphatic heterocycles. The van der Waals surface area contributed by atoms with Crippen LogP contribution >= 0.6 is 11.3 Å². The van der Waals surface area contributed by atoms with Gasteiger partial charge in [-0.05, 0) is 6.42 Å². The smallest absolute Gasteiger partial charge is 0.294 e. The fourth-order valence-corrected chi connectivity index (χ4v) is 1.76. The summed E-state index contributed by atoms with van der Waals surface area (Å²) >= 11 is 1.48. The van der Waals surface area contributed by atoms with E-state index in [1.54, 1.807) is 0 Å². The molecule has 5 nitrogen and oxygen atoms in total. The maximum absolute atomic E-state index is 5.43. The molecule has 0 aromatic carbocycles. The molecule has 1 rings (SSSR count). The fourth-order valence-electron chi connectivity index (χ4n) is 1.09. The van der Waals surface area contributed by atoms with Gasteiger partial charge in [-0.3, -0.25) is 0 Å². The monoisotopic (exact) mass is 259 g/mol. The quantitative estimate of drug-likeness (QED) is 0.686. The molecule has 1 aromatic heterocycles. The van der Waals surface area contributed by atoms with Crippen molar-refractivity contribution in [3.8, 4) is 5.19 Å². The van der Waals surface area contributed by atoms with Crippen LogP contribution in [0.2, 0.25) is 0 Å². The molecule has 0 saturated heterocycles. The van der Waals surface area contributed by atoms with E-state index in [2.05, 4.69) is 36.3 Å². The third kappa shape index (κ3) is 6.55. The number of rotatable bonds is 9. The third-order valence-electron chi connectivity index (χ3n) is 1.91. The molecule has 1 N–H and O–H groups in total. The Morgan fingerprint density at radius 1 is 1.24 bits per heavy atom. The highest BCUT2D eigenvalue weighted by atomic mass is 32.1. The highest BCUT2D eigenvalue weighted by Gasteiger charge is 2.05. The number of nitrogens with zero attached hydrogens (tertiary/aromatic N) is 2. The molecule has 0 unspecified atom stereocenters. The van der Waals surface area contributed by atoms with Crippen LogP contribution in [0.25, 0.3) is 0 Å². The van der Waals surface area contributed by atoms with Crippen molar-refractivity contribution in [2.45, 2.75) is 39.8 Å². The summed E-state index contributed by atoms with van der Waals surface area (Å²) in [6.07, 6.45) is 1.03. The molecule has 0 spiro atoms. The van der Waals surface area contributed by atoms with Crippen molar-refractivity contribution in [2.24, 2.45) is 0 Å². The van der Waals surface area contributed by atoms with E-state index in [9.17, 15) is 0 Å². The topological polar surface area (TPSA) is 56.3 Å². The van der Waals surface area contributed by atoms with Crippen LogP contribution in [0.4, 0.5) is 0 Å². The average Bonchev–Trinajstić information content (AvgIpc) is 2.74. The lowest BCUT2D eigenvalue weighted by Crippen LogP contribution is -2.21. The maximum Gasteiger partial charge on any atom is 0.294 e. The van der Waals surface area contributed by atoms with Crippen molar-refractivity contribution in [1.82, 2.24) is 15.5 Å². The molecule has 17 heavy (non-hydrogen) atoms. The Bertz CT molecular complexity index is 305. The minimum atomic E-state index is 0.450. The van der Waals surface area contributed by atoms with Crippen LogP contribution in [-0.4, -0.2) is 36.1 Å². The first kappa shape index (κ1) is 14.3.